The molecule has 0 saturated heterocycles. The minimum absolute atomic E-state index is 0.233. The maximum Gasteiger partial charge on any atom is 0.243 e. The third kappa shape index (κ3) is 2.23. The van der Waals surface area contributed by atoms with Gasteiger partial charge in [-0.3, -0.25) is 4.79 Å². The monoisotopic (exact) mass is 272 g/mol. The van der Waals surface area contributed by atoms with E-state index < -0.39 is 6.23 Å². The summed E-state index contributed by atoms with van der Waals surface area (Å²) in [5.74, 6) is 0.170. The quantitative estimate of drug-likeness (QED) is 0.788. The van der Waals surface area contributed by atoms with Crippen LogP contribution in [0.1, 0.15) is 25.6 Å². The molecule has 0 saturated carbocycles. The largest absolute Gasteiger partial charge is 0.450 e. The first kappa shape index (κ1) is 12.2. The fourth-order valence-electron chi connectivity index (χ4n) is 1.60. The van der Waals surface area contributed by atoms with Gasteiger partial charge in [-0.1, -0.05) is 29.3 Å². The summed E-state index contributed by atoms with van der Waals surface area (Å²) in [6.07, 6.45) is -0.686. The number of amides is 1. The second-order valence-corrected chi connectivity index (χ2v) is 4.40. The van der Waals surface area contributed by atoms with E-state index >= 15 is 0 Å². The molecule has 1 heterocycles. The van der Waals surface area contributed by atoms with E-state index in [1.54, 1.807) is 25.1 Å². The molecule has 90 valence electrons. The molecule has 1 aliphatic rings. The number of hydrogen-bond donors (Lipinski definition) is 0. The Bertz CT molecular complexity index is 482. The lowest BCUT2D eigenvalue weighted by atomic mass is 10.2. The lowest BCUT2D eigenvalue weighted by Gasteiger charge is -2.21. The highest BCUT2D eigenvalue weighted by Crippen LogP contribution is 2.37. The zero-order valence-electron chi connectivity index (χ0n) is 9.28. The van der Waals surface area contributed by atoms with Crippen molar-refractivity contribution in [3.8, 4) is 0 Å². The molecular weight excluding hydrogens is 263 g/mol. The number of benzene rings is 1. The van der Waals surface area contributed by atoms with Gasteiger partial charge < -0.3 is 4.74 Å². The van der Waals surface area contributed by atoms with Gasteiger partial charge in [0.05, 0.1) is 15.6 Å². The van der Waals surface area contributed by atoms with Crippen LogP contribution in [0, 0.1) is 0 Å². The number of ether oxygens (including phenoxy) is 1. The van der Waals surface area contributed by atoms with Gasteiger partial charge in [0.25, 0.3) is 0 Å². The molecule has 1 amide bonds. The zero-order chi connectivity index (χ0) is 12.6. The van der Waals surface area contributed by atoms with Gasteiger partial charge in [-0.05, 0) is 12.1 Å². The maximum atomic E-state index is 11.5. The summed E-state index contributed by atoms with van der Waals surface area (Å²) in [7, 11) is 0. The van der Waals surface area contributed by atoms with Crippen molar-refractivity contribution in [3.63, 3.8) is 0 Å². The SMILES string of the molecule is CC(=O)N1N=C(C)OC1c1c(Cl)cccc1Cl. The Kier molecular flexibility index (Phi) is 3.26. The number of carbonyl (C=O) groups excluding carboxylic acids is 1. The van der Waals surface area contributed by atoms with Gasteiger partial charge in [0.1, 0.15) is 0 Å². The average Bonchev–Trinajstić information content (AvgIpc) is 2.60. The van der Waals surface area contributed by atoms with E-state index in [1.165, 1.54) is 11.9 Å². The van der Waals surface area contributed by atoms with Crippen LogP contribution < -0.4 is 0 Å². The molecule has 0 aromatic heterocycles. The van der Waals surface area contributed by atoms with E-state index in [0.717, 1.165) is 0 Å². The highest BCUT2D eigenvalue weighted by atomic mass is 35.5. The van der Waals surface area contributed by atoms with Gasteiger partial charge in [0, 0.05) is 13.8 Å². The smallest absolute Gasteiger partial charge is 0.243 e. The van der Waals surface area contributed by atoms with Gasteiger partial charge in [0.15, 0.2) is 0 Å². The molecule has 4 nitrogen and oxygen atoms in total. The Balaban J connectivity index is 2.44. The Hall–Kier alpha value is -1.26. The van der Waals surface area contributed by atoms with Crippen molar-refractivity contribution >= 4 is 35.0 Å². The molecule has 1 aliphatic heterocycles. The topological polar surface area (TPSA) is 41.9 Å². The third-order valence-corrected chi connectivity index (χ3v) is 2.98. The molecule has 1 aromatic rings. The Morgan fingerprint density at radius 2 is 2.00 bits per heavy atom. The Morgan fingerprint density at radius 1 is 1.41 bits per heavy atom. The van der Waals surface area contributed by atoms with Gasteiger partial charge in [-0.2, -0.15) is 5.01 Å². The molecule has 0 spiro atoms. The summed E-state index contributed by atoms with van der Waals surface area (Å²) in [5.41, 5.74) is 0.548. The first-order valence-electron chi connectivity index (χ1n) is 4.96. The second kappa shape index (κ2) is 4.55. The predicted molar refractivity (Wildman–Crippen MR) is 65.9 cm³/mol. The Labute approximate surface area is 109 Å². The van der Waals surface area contributed by atoms with Crippen LogP contribution in [0.5, 0.6) is 0 Å². The van der Waals surface area contributed by atoms with Gasteiger partial charge >= 0.3 is 0 Å². The summed E-state index contributed by atoms with van der Waals surface area (Å²) in [5, 5.41) is 6.10. The zero-order valence-corrected chi connectivity index (χ0v) is 10.8. The van der Waals surface area contributed by atoms with Crippen LogP contribution in [-0.4, -0.2) is 16.8 Å². The van der Waals surface area contributed by atoms with E-state index in [-0.39, 0.29) is 5.91 Å². The van der Waals surface area contributed by atoms with Crippen LogP contribution in [0.25, 0.3) is 0 Å². The molecule has 2 rings (SSSR count). The van der Waals surface area contributed by atoms with E-state index in [4.69, 9.17) is 27.9 Å². The van der Waals surface area contributed by atoms with Crippen LogP contribution in [0.4, 0.5) is 0 Å². The van der Waals surface area contributed by atoms with Crippen molar-refractivity contribution in [3.05, 3.63) is 33.8 Å². The first-order valence-corrected chi connectivity index (χ1v) is 5.72. The van der Waals surface area contributed by atoms with Gasteiger partial charge in [0.2, 0.25) is 18.0 Å². The summed E-state index contributed by atoms with van der Waals surface area (Å²) in [6.45, 7) is 3.07. The number of nitrogens with zero attached hydrogens (tertiary/aromatic N) is 2. The lowest BCUT2D eigenvalue weighted by molar-refractivity contribution is -0.135. The van der Waals surface area contributed by atoms with Crippen molar-refractivity contribution in [1.82, 2.24) is 5.01 Å². The van der Waals surface area contributed by atoms with Crippen LogP contribution in [-0.2, 0) is 9.53 Å². The normalized spacial score (nSPS) is 18.9. The number of rotatable bonds is 1. The van der Waals surface area contributed by atoms with Crippen molar-refractivity contribution < 1.29 is 9.53 Å². The molecule has 1 unspecified atom stereocenters. The number of hydrogen-bond acceptors (Lipinski definition) is 3. The van der Waals surface area contributed by atoms with Crippen molar-refractivity contribution in [2.45, 2.75) is 20.1 Å². The molecule has 1 atom stereocenters. The van der Waals surface area contributed by atoms with Crippen molar-refractivity contribution in [2.24, 2.45) is 5.10 Å². The highest BCUT2D eigenvalue weighted by molar-refractivity contribution is 6.36. The summed E-state index contributed by atoms with van der Waals surface area (Å²) < 4.78 is 5.47. The van der Waals surface area contributed by atoms with E-state index in [1.807, 2.05) is 0 Å². The summed E-state index contributed by atoms with van der Waals surface area (Å²) in [6, 6.07) is 5.12. The molecule has 0 bridgehead atoms. The molecule has 0 N–H and O–H groups in total. The van der Waals surface area contributed by atoms with Crippen LogP contribution in [0.15, 0.2) is 23.3 Å². The standard InChI is InChI=1S/C11H10Cl2N2O2/c1-6-14-15(7(2)16)11(17-6)10-8(12)4-3-5-9(10)13/h3-5,11H,1-2H3. The lowest BCUT2D eigenvalue weighted by Crippen LogP contribution is -2.25. The highest BCUT2D eigenvalue weighted by Gasteiger charge is 2.33. The van der Waals surface area contributed by atoms with E-state index in [9.17, 15) is 4.79 Å². The fourth-order valence-corrected chi connectivity index (χ4v) is 2.19. The minimum atomic E-state index is -0.686. The van der Waals surface area contributed by atoms with Crippen LogP contribution in [0.2, 0.25) is 10.0 Å². The number of hydrazone groups is 1. The van der Waals surface area contributed by atoms with Crippen molar-refractivity contribution in [2.75, 3.05) is 0 Å². The molecule has 0 radical (unpaired) electrons. The summed E-state index contributed by atoms with van der Waals surface area (Å²) in [4.78, 5) is 11.5. The number of halogens is 2. The van der Waals surface area contributed by atoms with E-state index in [2.05, 4.69) is 5.10 Å². The van der Waals surface area contributed by atoms with E-state index in [0.29, 0.717) is 21.5 Å². The van der Waals surface area contributed by atoms with Gasteiger partial charge in [-0.25, -0.2) is 0 Å². The average molecular weight is 273 g/mol. The predicted octanol–water partition coefficient (Wildman–Crippen LogP) is 3.20. The van der Waals surface area contributed by atoms with Crippen molar-refractivity contribution in [1.29, 1.82) is 0 Å². The minimum Gasteiger partial charge on any atom is -0.450 e. The molecule has 0 aliphatic carbocycles. The molecule has 6 heteroatoms. The molecular formula is C11H10Cl2N2O2. The third-order valence-electron chi connectivity index (χ3n) is 2.32. The maximum absolute atomic E-state index is 11.5. The molecule has 1 aromatic carbocycles. The van der Waals surface area contributed by atoms with Crippen LogP contribution >= 0.6 is 23.2 Å². The van der Waals surface area contributed by atoms with Crippen LogP contribution in [0.3, 0.4) is 0 Å². The van der Waals surface area contributed by atoms with Gasteiger partial charge in [-0.15, -0.1) is 5.10 Å². The number of carbonyl (C=O) groups is 1. The fraction of sp³-hybridized carbons (Fsp3) is 0.273. The second-order valence-electron chi connectivity index (χ2n) is 3.59. The molecule has 0 fully saturated rings. The molecule has 17 heavy (non-hydrogen) atoms. The Morgan fingerprint density at radius 3 is 2.53 bits per heavy atom. The summed E-state index contributed by atoms with van der Waals surface area (Å²) >= 11 is 12.1. The first-order chi connectivity index (χ1) is 8.00.